The molecule has 0 radical (unpaired) electrons. The molecular weight excluding hydrogens is 212 g/mol. The van der Waals surface area contributed by atoms with Gasteiger partial charge < -0.3 is 5.11 Å². The van der Waals surface area contributed by atoms with Crippen LogP contribution >= 0.6 is 0 Å². The van der Waals surface area contributed by atoms with Gasteiger partial charge in [0.15, 0.2) is 0 Å². The zero-order valence-electron chi connectivity index (χ0n) is 8.77. The summed E-state index contributed by atoms with van der Waals surface area (Å²) in [6.45, 7) is 3.81. The molecule has 0 saturated heterocycles. The van der Waals surface area contributed by atoms with Crippen molar-refractivity contribution < 1.29 is 14.1 Å². The van der Waals surface area contributed by atoms with Crippen LogP contribution in [0.1, 0.15) is 29.8 Å². The highest BCUT2D eigenvalue weighted by Crippen LogP contribution is 2.09. The van der Waals surface area contributed by atoms with Gasteiger partial charge in [0.25, 0.3) is 0 Å². The second-order valence-corrected chi connectivity index (χ2v) is 5.57. The van der Waals surface area contributed by atoms with Crippen LogP contribution in [0.5, 0.6) is 0 Å². The topological polar surface area (TPSA) is 54.4 Å². The maximum Gasteiger partial charge on any atom is 0.335 e. The number of hydrogen-bond acceptors (Lipinski definition) is 2. The fourth-order valence-electron chi connectivity index (χ4n) is 1.07. The highest BCUT2D eigenvalue weighted by atomic mass is 32.2. The number of rotatable bonds is 4. The van der Waals surface area contributed by atoms with Crippen LogP contribution in [-0.4, -0.2) is 20.5 Å². The highest BCUT2D eigenvalue weighted by molar-refractivity contribution is 7.84. The molecule has 82 valence electrons. The summed E-state index contributed by atoms with van der Waals surface area (Å²) in [5.74, 6) is -0.455. The summed E-state index contributed by atoms with van der Waals surface area (Å²) < 4.78 is 11.5. The predicted octanol–water partition coefficient (Wildman–Crippen LogP) is 2.04. The molecule has 0 aliphatic carbocycles. The molecule has 0 fully saturated rings. The molecule has 0 amide bonds. The average molecular weight is 226 g/mol. The first-order chi connectivity index (χ1) is 7.00. The summed E-state index contributed by atoms with van der Waals surface area (Å²) in [7, 11) is -0.887. The van der Waals surface area contributed by atoms with Gasteiger partial charge in [-0.2, -0.15) is 0 Å². The fourth-order valence-corrected chi connectivity index (χ4v) is 1.93. The standard InChI is InChI=1S/C11H14O3S/c1-8(2)15(14)7-9-3-5-10(6-4-9)11(12)13/h3-6,8H,7H2,1-2H3,(H,12,13). The van der Waals surface area contributed by atoms with Gasteiger partial charge in [-0.25, -0.2) is 4.79 Å². The first-order valence-electron chi connectivity index (χ1n) is 4.70. The lowest BCUT2D eigenvalue weighted by Crippen LogP contribution is -2.08. The van der Waals surface area contributed by atoms with Gasteiger partial charge in [0.05, 0.1) is 5.56 Å². The normalized spacial score (nSPS) is 12.7. The Morgan fingerprint density at radius 2 is 1.87 bits per heavy atom. The van der Waals surface area contributed by atoms with E-state index in [2.05, 4.69) is 0 Å². The van der Waals surface area contributed by atoms with E-state index in [1.54, 1.807) is 12.1 Å². The molecule has 0 aromatic heterocycles. The molecule has 3 nitrogen and oxygen atoms in total. The van der Waals surface area contributed by atoms with Crippen LogP contribution in [-0.2, 0) is 16.6 Å². The van der Waals surface area contributed by atoms with Gasteiger partial charge in [-0.1, -0.05) is 26.0 Å². The van der Waals surface area contributed by atoms with Gasteiger partial charge in [-0.15, -0.1) is 0 Å². The van der Waals surface area contributed by atoms with E-state index in [-0.39, 0.29) is 10.8 Å². The molecule has 0 aliphatic heterocycles. The van der Waals surface area contributed by atoms with Crippen molar-refractivity contribution in [3.63, 3.8) is 0 Å². The summed E-state index contributed by atoms with van der Waals surface area (Å²) in [5, 5.41) is 8.81. The Balaban J connectivity index is 2.73. The second-order valence-electron chi connectivity index (χ2n) is 3.58. The lowest BCUT2D eigenvalue weighted by molar-refractivity contribution is 0.0697. The number of benzene rings is 1. The van der Waals surface area contributed by atoms with Crippen molar-refractivity contribution >= 4 is 16.8 Å². The maximum absolute atomic E-state index is 11.5. The monoisotopic (exact) mass is 226 g/mol. The second kappa shape index (κ2) is 5.07. The molecule has 0 aliphatic rings. The Kier molecular flexibility index (Phi) is 4.03. The van der Waals surface area contributed by atoms with Gasteiger partial charge in [0.2, 0.25) is 0 Å². The largest absolute Gasteiger partial charge is 0.478 e. The van der Waals surface area contributed by atoms with Crippen LogP contribution in [0.25, 0.3) is 0 Å². The Bertz CT molecular complexity index is 368. The molecule has 0 bridgehead atoms. The van der Waals surface area contributed by atoms with E-state index in [4.69, 9.17) is 5.11 Å². The van der Waals surface area contributed by atoms with Crippen molar-refractivity contribution in [1.29, 1.82) is 0 Å². The molecular formula is C11H14O3S. The summed E-state index contributed by atoms with van der Waals surface area (Å²) in [6, 6.07) is 6.50. The number of carbonyl (C=O) groups is 1. The van der Waals surface area contributed by atoms with Crippen LogP contribution in [0.2, 0.25) is 0 Å². The molecule has 1 unspecified atom stereocenters. The molecule has 4 heteroatoms. The molecule has 0 saturated carbocycles. The summed E-state index contributed by atoms with van der Waals surface area (Å²) >= 11 is 0. The summed E-state index contributed by atoms with van der Waals surface area (Å²) in [4.78, 5) is 10.6. The van der Waals surface area contributed by atoms with Crippen LogP contribution < -0.4 is 0 Å². The van der Waals surface area contributed by atoms with Gasteiger partial charge in [0, 0.05) is 21.8 Å². The Hall–Kier alpha value is -1.16. The third-order valence-corrected chi connectivity index (χ3v) is 3.71. The molecule has 1 aromatic carbocycles. The van der Waals surface area contributed by atoms with Crippen molar-refractivity contribution in [2.45, 2.75) is 24.9 Å². The molecule has 0 heterocycles. The predicted molar refractivity (Wildman–Crippen MR) is 60.4 cm³/mol. The first kappa shape index (κ1) is 11.9. The van der Waals surface area contributed by atoms with E-state index in [1.807, 2.05) is 13.8 Å². The Morgan fingerprint density at radius 3 is 2.27 bits per heavy atom. The van der Waals surface area contributed by atoms with Crippen molar-refractivity contribution in [3.05, 3.63) is 35.4 Å². The van der Waals surface area contributed by atoms with Crippen molar-refractivity contribution in [3.8, 4) is 0 Å². The van der Waals surface area contributed by atoms with Crippen molar-refractivity contribution in [1.82, 2.24) is 0 Å². The van der Waals surface area contributed by atoms with Crippen LogP contribution in [0.3, 0.4) is 0 Å². The number of hydrogen-bond donors (Lipinski definition) is 1. The fraction of sp³-hybridized carbons (Fsp3) is 0.364. The highest BCUT2D eigenvalue weighted by Gasteiger charge is 2.07. The van der Waals surface area contributed by atoms with E-state index in [1.165, 1.54) is 12.1 Å². The van der Waals surface area contributed by atoms with Crippen molar-refractivity contribution in [2.75, 3.05) is 0 Å². The lowest BCUT2D eigenvalue weighted by Gasteiger charge is -2.05. The van der Waals surface area contributed by atoms with Crippen LogP contribution in [0, 0.1) is 0 Å². The SMILES string of the molecule is CC(C)S(=O)Cc1ccc(C(=O)O)cc1. The van der Waals surface area contributed by atoms with E-state index < -0.39 is 16.8 Å². The minimum atomic E-state index is -0.938. The number of carboxylic acid groups (broad SMARTS) is 1. The summed E-state index contributed by atoms with van der Waals surface area (Å²) in [5.41, 5.74) is 1.17. The third-order valence-electron chi connectivity index (χ3n) is 2.04. The Labute approximate surface area is 91.6 Å². The molecule has 1 N–H and O–H groups in total. The third kappa shape index (κ3) is 3.47. The number of carboxylic acids is 1. The molecule has 15 heavy (non-hydrogen) atoms. The molecule has 1 aromatic rings. The van der Waals surface area contributed by atoms with Crippen LogP contribution in [0.15, 0.2) is 24.3 Å². The van der Waals surface area contributed by atoms with E-state index in [9.17, 15) is 9.00 Å². The van der Waals surface area contributed by atoms with Gasteiger partial charge in [-0.3, -0.25) is 4.21 Å². The summed E-state index contributed by atoms with van der Waals surface area (Å²) in [6.07, 6.45) is 0. The van der Waals surface area contributed by atoms with E-state index >= 15 is 0 Å². The maximum atomic E-state index is 11.5. The molecule has 1 rings (SSSR count). The van der Waals surface area contributed by atoms with Crippen LogP contribution in [0.4, 0.5) is 0 Å². The van der Waals surface area contributed by atoms with E-state index in [0.29, 0.717) is 5.75 Å². The van der Waals surface area contributed by atoms with Gasteiger partial charge in [0.1, 0.15) is 0 Å². The average Bonchev–Trinajstić information content (AvgIpc) is 2.18. The van der Waals surface area contributed by atoms with Gasteiger partial charge >= 0.3 is 5.97 Å². The van der Waals surface area contributed by atoms with Crippen molar-refractivity contribution in [2.24, 2.45) is 0 Å². The minimum Gasteiger partial charge on any atom is -0.478 e. The zero-order valence-corrected chi connectivity index (χ0v) is 9.58. The number of aromatic carboxylic acids is 1. The van der Waals surface area contributed by atoms with Gasteiger partial charge in [-0.05, 0) is 17.7 Å². The smallest absolute Gasteiger partial charge is 0.335 e. The minimum absolute atomic E-state index is 0.129. The lowest BCUT2D eigenvalue weighted by atomic mass is 10.1. The quantitative estimate of drug-likeness (QED) is 0.854. The zero-order chi connectivity index (χ0) is 11.4. The molecule has 0 spiro atoms. The molecule has 1 atom stereocenters. The first-order valence-corrected chi connectivity index (χ1v) is 6.08. The van der Waals surface area contributed by atoms with E-state index in [0.717, 1.165) is 5.56 Å². The Morgan fingerprint density at radius 1 is 1.33 bits per heavy atom.